The van der Waals surface area contributed by atoms with Crippen LogP contribution in [0.4, 0.5) is 0 Å². The summed E-state index contributed by atoms with van der Waals surface area (Å²) in [4.78, 5) is 4.98. The molecular formula is C10H7BrClNOS. The molecular weight excluding hydrogens is 298 g/mol. The predicted octanol–water partition coefficient (Wildman–Crippen LogP) is 3.72. The third kappa shape index (κ3) is 2.39. The Hall–Kier alpha value is -0.420. The van der Waals surface area contributed by atoms with Crippen molar-refractivity contribution < 1.29 is 5.11 Å². The van der Waals surface area contributed by atoms with Gasteiger partial charge in [-0.3, -0.25) is 0 Å². The van der Waals surface area contributed by atoms with E-state index in [9.17, 15) is 0 Å². The number of aromatic nitrogens is 1. The molecule has 0 unspecified atom stereocenters. The zero-order valence-electron chi connectivity index (χ0n) is 7.58. The van der Waals surface area contributed by atoms with Gasteiger partial charge in [-0.1, -0.05) is 39.7 Å². The zero-order chi connectivity index (χ0) is 10.8. The minimum absolute atomic E-state index is 0.0320. The second-order valence-electron chi connectivity index (χ2n) is 2.90. The van der Waals surface area contributed by atoms with Crippen molar-refractivity contribution in [3.05, 3.63) is 38.1 Å². The van der Waals surface area contributed by atoms with Gasteiger partial charge in [0.2, 0.25) is 0 Å². The van der Waals surface area contributed by atoms with Crippen LogP contribution in [0.3, 0.4) is 0 Å². The molecule has 1 N–H and O–H groups in total. The summed E-state index contributed by atoms with van der Waals surface area (Å²) in [6.45, 7) is -0.0320. The van der Waals surface area contributed by atoms with Crippen molar-refractivity contribution in [1.29, 1.82) is 0 Å². The number of aliphatic hydroxyl groups excluding tert-OH is 1. The summed E-state index contributed by atoms with van der Waals surface area (Å²) in [5.41, 5.74) is 1.73. The lowest BCUT2D eigenvalue weighted by Crippen LogP contribution is -1.84. The molecule has 2 nitrogen and oxygen atoms in total. The van der Waals surface area contributed by atoms with Crippen LogP contribution >= 0.6 is 38.9 Å². The lowest BCUT2D eigenvalue weighted by Gasteiger charge is -1.99. The van der Waals surface area contributed by atoms with Gasteiger partial charge in [0.05, 0.1) is 17.2 Å². The highest BCUT2D eigenvalue weighted by atomic mass is 79.9. The summed E-state index contributed by atoms with van der Waals surface area (Å²) >= 11 is 10.5. The first-order valence-electron chi connectivity index (χ1n) is 4.22. The second-order valence-corrected chi connectivity index (χ2v) is 5.49. The molecule has 0 spiro atoms. The molecule has 0 fully saturated rings. The Balaban J connectivity index is 2.48. The van der Waals surface area contributed by atoms with Gasteiger partial charge in [-0.25, -0.2) is 4.98 Å². The van der Waals surface area contributed by atoms with Crippen LogP contribution < -0.4 is 0 Å². The molecule has 0 radical (unpaired) electrons. The predicted molar refractivity (Wildman–Crippen MR) is 66.2 cm³/mol. The van der Waals surface area contributed by atoms with E-state index in [2.05, 4.69) is 20.9 Å². The van der Waals surface area contributed by atoms with E-state index >= 15 is 0 Å². The smallest absolute Gasteiger partial charge is 0.184 e. The van der Waals surface area contributed by atoms with Crippen LogP contribution in [0.1, 0.15) is 4.88 Å². The molecule has 15 heavy (non-hydrogen) atoms. The summed E-state index contributed by atoms with van der Waals surface area (Å²) in [7, 11) is 0. The maximum Gasteiger partial charge on any atom is 0.184 e. The molecule has 5 heteroatoms. The number of halogens is 2. The highest BCUT2D eigenvalue weighted by Crippen LogP contribution is 2.31. The van der Waals surface area contributed by atoms with E-state index in [4.69, 9.17) is 16.7 Å². The average molecular weight is 305 g/mol. The van der Waals surface area contributed by atoms with E-state index in [1.165, 1.54) is 11.3 Å². The van der Waals surface area contributed by atoms with Crippen LogP contribution in [-0.2, 0) is 6.61 Å². The van der Waals surface area contributed by atoms with Crippen LogP contribution in [-0.4, -0.2) is 10.1 Å². The summed E-state index contributed by atoms with van der Waals surface area (Å²) in [6, 6.07) is 7.75. The quantitative estimate of drug-likeness (QED) is 0.917. The van der Waals surface area contributed by atoms with Crippen LogP contribution in [0.5, 0.6) is 0 Å². The van der Waals surface area contributed by atoms with Gasteiger partial charge in [-0.05, 0) is 12.1 Å². The molecule has 2 rings (SSSR count). The molecule has 1 aromatic carbocycles. The molecule has 0 bridgehead atoms. The number of nitrogens with zero attached hydrogens (tertiary/aromatic N) is 1. The van der Waals surface area contributed by atoms with Crippen LogP contribution in [0.25, 0.3) is 11.3 Å². The SMILES string of the molecule is OCc1sc(Cl)nc1-c1ccc(Br)cc1. The fourth-order valence-corrected chi connectivity index (χ4v) is 2.56. The maximum absolute atomic E-state index is 9.15. The number of thiazole rings is 1. The van der Waals surface area contributed by atoms with Crippen molar-refractivity contribution in [2.45, 2.75) is 6.61 Å². The summed E-state index contributed by atoms with van der Waals surface area (Å²) in [5, 5.41) is 9.15. The summed E-state index contributed by atoms with van der Waals surface area (Å²) in [6.07, 6.45) is 0. The standard InChI is InChI=1S/C10H7BrClNOS/c11-7-3-1-6(2-4-7)9-8(5-14)15-10(12)13-9/h1-4,14H,5H2. The van der Waals surface area contributed by atoms with Gasteiger partial charge >= 0.3 is 0 Å². The molecule has 0 aliphatic rings. The van der Waals surface area contributed by atoms with Gasteiger partial charge < -0.3 is 5.11 Å². The van der Waals surface area contributed by atoms with Gasteiger partial charge in [0.1, 0.15) is 0 Å². The normalized spacial score (nSPS) is 10.6. The molecule has 1 heterocycles. The molecule has 0 amide bonds. The lowest BCUT2D eigenvalue weighted by molar-refractivity contribution is 0.286. The largest absolute Gasteiger partial charge is 0.391 e. The van der Waals surface area contributed by atoms with Crippen molar-refractivity contribution in [2.75, 3.05) is 0 Å². The first kappa shape index (κ1) is 11.1. The Morgan fingerprint density at radius 2 is 2.00 bits per heavy atom. The van der Waals surface area contributed by atoms with E-state index in [1.54, 1.807) is 0 Å². The van der Waals surface area contributed by atoms with Crippen molar-refractivity contribution in [3.8, 4) is 11.3 Å². The van der Waals surface area contributed by atoms with E-state index in [0.717, 1.165) is 20.6 Å². The van der Waals surface area contributed by atoms with E-state index in [1.807, 2.05) is 24.3 Å². The maximum atomic E-state index is 9.15. The Bertz CT molecular complexity index is 469. The fraction of sp³-hybridized carbons (Fsp3) is 0.100. The van der Waals surface area contributed by atoms with Gasteiger partial charge in [0, 0.05) is 10.0 Å². The highest BCUT2D eigenvalue weighted by molar-refractivity contribution is 9.10. The minimum Gasteiger partial charge on any atom is -0.391 e. The Labute approximate surface area is 105 Å². The van der Waals surface area contributed by atoms with Gasteiger partial charge in [0.15, 0.2) is 4.47 Å². The summed E-state index contributed by atoms with van der Waals surface area (Å²) in [5.74, 6) is 0. The minimum atomic E-state index is -0.0320. The number of rotatable bonds is 2. The molecule has 1 aromatic heterocycles. The van der Waals surface area contributed by atoms with Gasteiger partial charge in [-0.15, -0.1) is 11.3 Å². The number of hydrogen-bond donors (Lipinski definition) is 1. The fourth-order valence-electron chi connectivity index (χ4n) is 1.26. The van der Waals surface area contributed by atoms with Gasteiger partial charge in [0.25, 0.3) is 0 Å². The Morgan fingerprint density at radius 1 is 1.33 bits per heavy atom. The zero-order valence-corrected chi connectivity index (χ0v) is 10.7. The second kappa shape index (κ2) is 4.61. The lowest BCUT2D eigenvalue weighted by atomic mass is 10.1. The third-order valence-corrected chi connectivity index (χ3v) is 3.61. The van der Waals surface area contributed by atoms with E-state index in [0.29, 0.717) is 4.47 Å². The molecule has 0 aliphatic carbocycles. The van der Waals surface area contributed by atoms with Crippen molar-refractivity contribution in [2.24, 2.45) is 0 Å². The van der Waals surface area contributed by atoms with E-state index in [-0.39, 0.29) is 6.61 Å². The van der Waals surface area contributed by atoms with Crippen molar-refractivity contribution >= 4 is 38.9 Å². The topological polar surface area (TPSA) is 33.1 Å². The van der Waals surface area contributed by atoms with Gasteiger partial charge in [-0.2, -0.15) is 0 Å². The Kier molecular flexibility index (Phi) is 3.41. The number of aliphatic hydroxyl groups is 1. The van der Waals surface area contributed by atoms with Crippen molar-refractivity contribution in [3.63, 3.8) is 0 Å². The van der Waals surface area contributed by atoms with Crippen LogP contribution in [0.15, 0.2) is 28.7 Å². The van der Waals surface area contributed by atoms with E-state index < -0.39 is 0 Å². The Morgan fingerprint density at radius 3 is 2.60 bits per heavy atom. The molecule has 0 saturated carbocycles. The molecule has 0 saturated heterocycles. The first-order chi connectivity index (χ1) is 7.20. The van der Waals surface area contributed by atoms with Crippen LogP contribution in [0.2, 0.25) is 4.47 Å². The summed E-state index contributed by atoms with van der Waals surface area (Å²) < 4.78 is 1.47. The van der Waals surface area contributed by atoms with Crippen LogP contribution in [0, 0.1) is 0 Å². The molecule has 0 aliphatic heterocycles. The molecule has 78 valence electrons. The highest BCUT2D eigenvalue weighted by Gasteiger charge is 2.10. The van der Waals surface area contributed by atoms with Crippen molar-refractivity contribution in [1.82, 2.24) is 4.98 Å². The third-order valence-electron chi connectivity index (χ3n) is 1.93. The number of benzene rings is 1. The first-order valence-corrected chi connectivity index (χ1v) is 6.21. The number of hydrogen-bond acceptors (Lipinski definition) is 3. The monoisotopic (exact) mass is 303 g/mol. The molecule has 0 atom stereocenters. The molecule has 2 aromatic rings. The average Bonchev–Trinajstić information content (AvgIpc) is 2.61.